The van der Waals surface area contributed by atoms with Crippen LogP contribution in [0.4, 0.5) is 21.0 Å². The molecule has 3 saturated heterocycles. The van der Waals surface area contributed by atoms with Crippen LogP contribution < -0.4 is 11.1 Å². The summed E-state index contributed by atoms with van der Waals surface area (Å²) in [5.41, 5.74) is 11.7. The molecule has 5 N–H and O–H groups in total. The average Bonchev–Trinajstić information content (AvgIpc) is 3.24. The van der Waals surface area contributed by atoms with E-state index in [0.717, 1.165) is 72.4 Å². The first-order chi connectivity index (χ1) is 22.6. The fraction of sp³-hybridized carbons (Fsp3) is 0.583. The summed E-state index contributed by atoms with van der Waals surface area (Å²) in [7, 11) is 0. The van der Waals surface area contributed by atoms with E-state index < -0.39 is 18.1 Å². The first kappa shape index (κ1) is 33.1. The molecule has 47 heavy (non-hydrogen) atoms. The lowest BCUT2D eigenvalue weighted by molar-refractivity contribution is -0.140. The molecule has 11 heteroatoms. The summed E-state index contributed by atoms with van der Waals surface area (Å²) in [6.07, 6.45) is 4.05. The fourth-order valence-electron chi connectivity index (χ4n) is 8.38. The lowest BCUT2D eigenvalue weighted by Gasteiger charge is -2.46. The van der Waals surface area contributed by atoms with Gasteiger partial charge in [-0.05, 0) is 93.5 Å². The molecule has 0 aliphatic carbocycles. The van der Waals surface area contributed by atoms with Crippen molar-refractivity contribution in [2.24, 2.45) is 5.92 Å². The molecule has 4 aliphatic heterocycles. The number of anilines is 2. The van der Waals surface area contributed by atoms with Gasteiger partial charge in [0.05, 0.1) is 12.0 Å². The number of hydrogen-bond acceptors (Lipinski definition) is 6. The molecule has 0 saturated carbocycles. The number of rotatable bonds is 6. The van der Waals surface area contributed by atoms with Gasteiger partial charge >= 0.3 is 12.1 Å². The summed E-state index contributed by atoms with van der Waals surface area (Å²) >= 11 is 0. The van der Waals surface area contributed by atoms with E-state index in [1.54, 1.807) is 0 Å². The SMILES string of the molecule is Cc1cc(CC(C(=O)N2CCC(N3CCC(O)CC3)CC2)[C@H]2CC(N3CCc4ccccc4NC3=O)CCN2C(=O)O)cc(C)c1N. The maximum atomic E-state index is 14.6. The number of piperidine rings is 3. The number of carbonyl (C=O) groups is 3. The summed E-state index contributed by atoms with van der Waals surface area (Å²) in [5.74, 6) is -0.625. The number of nitrogen functional groups attached to an aromatic ring is 1. The number of nitrogens with zero attached hydrogens (tertiary/aromatic N) is 4. The quantitative estimate of drug-likeness (QED) is 0.346. The third kappa shape index (κ3) is 7.21. The second-order valence-corrected chi connectivity index (χ2v) is 14.0. The Bertz CT molecular complexity index is 1440. The van der Waals surface area contributed by atoms with E-state index in [-0.39, 0.29) is 30.6 Å². The standard InChI is InChI=1S/C36H50N6O5/c1-23-19-25(20-24(2)33(23)37)21-30(34(44)40-13-8-27(9-14-40)39-15-11-29(43)12-16-39)32-22-28(10-18-42(32)36(46)47)41-17-7-26-5-3-4-6-31(26)38-35(41)45/h3-6,19-20,27-30,32,43H,7-18,21-22,37H2,1-2H3,(H,38,45)(H,46,47)/t28?,30?,32-/m1/s1. The van der Waals surface area contributed by atoms with Gasteiger partial charge in [-0.25, -0.2) is 9.59 Å². The van der Waals surface area contributed by atoms with Gasteiger partial charge < -0.3 is 40.9 Å². The zero-order chi connectivity index (χ0) is 33.2. The molecular weight excluding hydrogens is 596 g/mol. The number of carbonyl (C=O) groups excluding carboxylic acids is 2. The molecule has 0 bridgehead atoms. The van der Waals surface area contributed by atoms with Crippen molar-refractivity contribution >= 4 is 29.4 Å². The van der Waals surface area contributed by atoms with Gasteiger partial charge in [-0.2, -0.15) is 0 Å². The smallest absolute Gasteiger partial charge is 0.407 e. The van der Waals surface area contributed by atoms with E-state index in [2.05, 4.69) is 10.2 Å². The maximum absolute atomic E-state index is 14.6. The Morgan fingerprint density at radius 3 is 2.28 bits per heavy atom. The number of urea groups is 1. The van der Waals surface area contributed by atoms with Crippen LogP contribution in [0, 0.1) is 19.8 Å². The van der Waals surface area contributed by atoms with Gasteiger partial charge in [-0.15, -0.1) is 0 Å². The largest absolute Gasteiger partial charge is 0.465 e. The summed E-state index contributed by atoms with van der Waals surface area (Å²) in [4.78, 5) is 48.6. The normalized spacial score (nSPS) is 24.0. The van der Waals surface area contributed by atoms with Crippen molar-refractivity contribution in [1.82, 2.24) is 19.6 Å². The number of nitrogens with two attached hydrogens (primary N) is 1. The van der Waals surface area contributed by atoms with Crippen LogP contribution in [0.2, 0.25) is 0 Å². The molecule has 3 fully saturated rings. The topological polar surface area (TPSA) is 143 Å². The van der Waals surface area contributed by atoms with E-state index in [0.29, 0.717) is 51.4 Å². The Morgan fingerprint density at radius 2 is 1.60 bits per heavy atom. The number of likely N-dealkylation sites (tertiary alicyclic amines) is 3. The predicted molar refractivity (Wildman–Crippen MR) is 181 cm³/mol. The molecule has 6 rings (SSSR count). The maximum Gasteiger partial charge on any atom is 0.407 e. The lowest BCUT2D eigenvalue weighted by Crippen LogP contribution is -2.59. The van der Waals surface area contributed by atoms with Crippen LogP contribution in [-0.2, 0) is 17.6 Å². The molecule has 2 aromatic carbocycles. The summed E-state index contributed by atoms with van der Waals surface area (Å²) < 4.78 is 0. The number of aryl methyl sites for hydroxylation is 2. The van der Waals surface area contributed by atoms with Gasteiger partial charge in [-0.3, -0.25) is 4.79 Å². The number of aliphatic hydroxyl groups excluding tert-OH is 1. The molecule has 11 nitrogen and oxygen atoms in total. The van der Waals surface area contributed by atoms with Crippen LogP contribution in [0.3, 0.4) is 0 Å². The molecular formula is C36H50N6O5. The summed E-state index contributed by atoms with van der Waals surface area (Å²) in [5, 5.41) is 23.5. The first-order valence-electron chi connectivity index (χ1n) is 17.3. The van der Waals surface area contributed by atoms with Crippen molar-refractivity contribution in [2.75, 3.05) is 50.3 Å². The molecule has 3 atom stereocenters. The van der Waals surface area contributed by atoms with Gasteiger partial charge in [0.15, 0.2) is 0 Å². The highest BCUT2D eigenvalue weighted by Gasteiger charge is 2.44. The molecule has 2 aromatic rings. The molecule has 4 amide bonds. The van der Waals surface area contributed by atoms with Gasteiger partial charge in [0.2, 0.25) is 5.91 Å². The molecule has 4 heterocycles. The second kappa shape index (κ2) is 14.1. The molecule has 4 aliphatic rings. The summed E-state index contributed by atoms with van der Waals surface area (Å²) in [6, 6.07) is 11.3. The Labute approximate surface area is 277 Å². The van der Waals surface area contributed by atoms with E-state index in [4.69, 9.17) is 5.73 Å². The minimum Gasteiger partial charge on any atom is -0.465 e. The fourth-order valence-corrected chi connectivity index (χ4v) is 8.38. The first-order valence-corrected chi connectivity index (χ1v) is 17.3. The van der Waals surface area contributed by atoms with Gasteiger partial charge in [0.25, 0.3) is 0 Å². The minimum absolute atomic E-state index is 0.0192. The van der Waals surface area contributed by atoms with Gasteiger partial charge in [0.1, 0.15) is 0 Å². The number of hydrogen-bond donors (Lipinski definition) is 4. The Hall–Kier alpha value is -3.83. The van der Waals surface area contributed by atoms with Crippen LogP contribution in [0.25, 0.3) is 0 Å². The second-order valence-electron chi connectivity index (χ2n) is 14.0. The molecule has 2 unspecified atom stereocenters. The van der Waals surface area contributed by atoms with Crippen LogP contribution in [0.1, 0.15) is 60.8 Å². The minimum atomic E-state index is -1.03. The number of amides is 4. The number of benzene rings is 2. The van der Waals surface area contributed by atoms with Gasteiger partial charge in [-0.1, -0.05) is 30.3 Å². The number of fused-ring (bicyclic) bond motifs is 1. The zero-order valence-corrected chi connectivity index (χ0v) is 27.7. The Kier molecular flexibility index (Phi) is 9.93. The Morgan fingerprint density at radius 1 is 0.936 bits per heavy atom. The number of para-hydroxylation sites is 1. The van der Waals surface area contributed by atoms with Crippen LogP contribution in [-0.4, -0.2) is 111 Å². The van der Waals surface area contributed by atoms with Crippen molar-refractivity contribution in [1.29, 1.82) is 0 Å². The van der Waals surface area contributed by atoms with Crippen molar-refractivity contribution in [3.05, 3.63) is 58.7 Å². The molecule has 254 valence electrons. The van der Waals surface area contributed by atoms with Crippen LogP contribution in [0.5, 0.6) is 0 Å². The number of nitrogens with one attached hydrogen (secondary N) is 1. The third-order valence-electron chi connectivity index (χ3n) is 11.1. The molecule has 0 spiro atoms. The number of carboxylic acid groups (broad SMARTS) is 1. The summed E-state index contributed by atoms with van der Waals surface area (Å²) in [6.45, 7) is 7.71. The third-order valence-corrected chi connectivity index (χ3v) is 11.1. The van der Waals surface area contributed by atoms with Gasteiger partial charge in [0, 0.05) is 68.8 Å². The van der Waals surface area contributed by atoms with Crippen LogP contribution in [0.15, 0.2) is 36.4 Å². The Balaban J connectivity index is 1.25. The van der Waals surface area contributed by atoms with E-state index in [9.17, 15) is 24.6 Å². The monoisotopic (exact) mass is 646 g/mol. The highest BCUT2D eigenvalue weighted by molar-refractivity contribution is 5.91. The zero-order valence-electron chi connectivity index (χ0n) is 27.7. The van der Waals surface area contributed by atoms with E-state index in [1.165, 1.54) is 4.90 Å². The average molecular weight is 647 g/mol. The predicted octanol–water partition coefficient (Wildman–Crippen LogP) is 4.09. The van der Waals surface area contributed by atoms with Crippen LogP contribution >= 0.6 is 0 Å². The molecule has 0 radical (unpaired) electrons. The van der Waals surface area contributed by atoms with E-state index >= 15 is 0 Å². The van der Waals surface area contributed by atoms with Crippen molar-refractivity contribution in [3.63, 3.8) is 0 Å². The van der Waals surface area contributed by atoms with E-state index in [1.807, 2.05) is 60.0 Å². The van der Waals surface area contributed by atoms with Crippen molar-refractivity contribution in [2.45, 2.75) is 89.4 Å². The molecule has 0 aromatic heterocycles. The highest BCUT2D eigenvalue weighted by Crippen LogP contribution is 2.34. The van der Waals surface area contributed by atoms with Crippen molar-refractivity contribution < 1.29 is 24.6 Å². The highest BCUT2D eigenvalue weighted by atomic mass is 16.4. The lowest BCUT2D eigenvalue weighted by atomic mass is 9.81. The number of aliphatic hydroxyl groups is 1. The van der Waals surface area contributed by atoms with Crippen molar-refractivity contribution in [3.8, 4) is 0 Å².